The predicted molar refractivity (Wildman–Crippen MR) is 47.9 cm³/mol. The number of sulfone groups is 1. The van der Waals surface area contributed by atoms with Crippen LogP contribution in [0.5, 0.6) is 0 Å². The summed E-state index contributed by atoms with van der Waals surface area (Å²) >= 11 is 0. The first-order valence-electron chi connectivity index (χ1n) is 3.74. The first-order chi connectivity index (χ1) is 6.05. The van der Waals surface area contributed by atoms with Crippen LogP contribution < -0.4 is 0 Å². The number of hydrogen-bond donors (Lipinski definition) is 0. The van der Waals surface area contributed by atoms with Crippen LogP contribution in [0, 0.1) is 0 Å². The molecular weight excluding hydrogens is 190 g/mol. The monoisotopic (exact) mass is 201 g/mol. The van der Waals surface area contributed by atoms with Gasteiger partial charge in [-0.1, -0.05) is 12.2 Å². The van der Waals surface area contributed by atoms with Crippen molar-refractivity contribution in [3.05, 3.63) is 18.5 Å². The molecule has 0 aromatic carbocycles. The van der Waals surface area contributed by atoms with Crippen LogP contribution in [0.4, 0.5) is 0 Å². The lowest BCUT2D eigenvalue weighted by Crippen LogP contribution is -2.07. The van der Waals surface area contributed by atoms with Gasteiger partial charge in [-0.3, -0.25) is 0 Å². The molecule has 5 nitrogen and oxygen atoms in total. The van der Waals surface area contributed by atoms with Crippen molar-refractivity contribution in [2.45, 2.75) is 18.6 Å². The van der Waals surface area contributed by atoms with Crippen molar-refractivity contribution in [1.82, 2.24) is 14.8 Å². The average Bonchev–Trinajstić information content (AvgIpc) is 2.47. The number of rotatable bonds is 3. The molecule has 1 aromatic heterocycles. The molecule has 0 spiro atoms. The number of allylic oxidation sites excluding steroid dienone is 2. The van der Waals surface area contributed by atoms with Gasteiger partial charge in [-0.25, -0.2) is 8.42 Å². The third-order valence-corrected chi connectivity index (χ3v) is 2.43. The average molecular weight is 201 g/mol. The molecule has 0 unspecified atom stereocenters. The van der Waals surface area contributed by atoms with Gasteiger partial charge in [-0.2, -0.15) is 0 Å². The number of nitrogens with zero attached hydrogens (tertiary/aromatic N) is 3. The van der Waals surface area contributed by atoms with Crippen molar-refractivity contribution in [2.24, 2.45) is 0 Å². The van der Waals surface area contributed by atoms with Crippen LogP contribution in [0.3, 0.4) is 0 Å². The van der Waals surface area contributed by atoms with Gasteiger partial charge in [-0.05, 0) is 6.92 Å². The Hall–Kier alpha value is -1.17. The molecule has 0 fully saturated rings. The molecule has 1 aromatic rings. The van der Waals surface area contributed by atoms with Crippen LogP contribution in [0.2, 0.25) is 0 Å². The van der Waals surface area contributed by atoms with Crippen molar-refractivity contribution >= 4 is 9.84 Å². The van der Waals surface area contributed by atoms with Crippen LogP contribution in [-0.4, -0.2) is 29.4 Å². The van der Waals surface area contributed by atoms with E-state index in [0.29, 0.717) is 6.54 Å². The quantitative estimate of drug-likeness (QED) is 0.658. The number of aromatic nitrogens is 3. The van der Waals surface area contributed by atoms with Gasteiger partial charge in [0.25, 0.3) is 0 Å². The Labute approximate surface area is 77.0 Å². The normalized spacial score (nSPS) is 12.5. The van der Waals surface area contributed by atoms with E-state index in [1.807, 2.05) is 19.1 Å². The van der Waals surface area contributed by atoms with Gasteiger partial charge < -0.3 is 4.57 Å². The smallest absolute Gasteiger partial charge is 0.249 e. The van der Waals surface area contributed by atoms with E-state index >= 15 is 0 Å². The molecule has 72 valence electrons. The highest BCUT2D eigenvalue weighted by Gasteiger charge is 2.14. The zero-order valence-electron chi connectivity index (χ0n) is 7.51. The number of hydrogen-bond acceptors (Lipinski definition) is 4. The largest absolute Gasteiger partial charge is 0.301 e. The van der Waals surface area contributed by atoms with Crippen molar-refractivity contribution in [3.8, 4) is 0 Å². The maximum Gasteiger partial charge on any atom is 0.249 e. The molecule has 6 heteroatoms. The first kappa shape index (κ1) is 9.91. The fourth-order valence-electron chi connectivity index (χ4n) is 0.876. The summed E-state index contributed by atoms with van der Waals surface area (Å²) in [5, 5.41) is 7.08. The SMILES string of the molecule is C/C=C/Cn1cnnc1S(C)(=O)=O. The van der Waals surface area contributed by atoms with Crippen LogP contribution in [0.25, 0.3) is 0 Å². The van der Waals surface area contributed by atoms with Crippen LogP contribution in [-0.2, 0) is 16.4 Å². The molecule has 0 radical (unpaired) electrons. The summed E-state index contributed by atoms with van der Waals surface area (Å²) in [5.74, 6) is 0. The van der Waals surface area contributed by atoms with Gasteiger partial charge in [0, 0.05) is 12.8 Å². The molecule has 0 aliphatic heterocycles. The van der Waals surface area contributed by atoms with Crippen molar-refractivity contribution in [1.29, 1.82) is 0 Å². The molecule has 0 amide bonds. The molecule has 13 heavy (non-hydrogen) atoms. The van der Waals surface area contributed by atoms with Gasteiger partial charge >= 0.3 is 0 Å². The van der Waals surface area contributed by atoms with E-state index < -0.39 is 9.84 Å². The summed E-state index contributed by atoms with van der Waals surface area (Å²) in [6, 6.07) is 0. The molecule has 0 N–H and O–H groups in total. The Morgan fingerprint density at radius 3 is 2.85 bits per heavy atom. The third-order valence-electron chi connectivity index (χ3n) is 1.45. The van der Waals surface area contributed by atoms with E-state index in [4.69, 9.17) is 0 Å². The molecule has 0 aliphatic rings. The molecule has 0 aliphatic carbocycles. The molecule has 0 saturated carbocycles. The lowest BCUT2D eigenvalue weighted by Gasteiger charge is -1.99. The van der Waals surface area contributed by atoms with Gasteiger partial charge in [-0.15, -0.1) is 10.2 Å². The summed E-state index contributed by atoms with van der Waals surface area (Å²) in [5.41, 5.74) is 0. The van der Waals surface area contributed by atoms with E-state index in [2.05, 4.69) is 10.2 Å². The van der Waals surface area contributed by atoms with Gasteiger partial charge in [0.2, 0.25) is 15.0 Å². The van der Waals surface area contributed by atoms with E-state index in [1.165, 1.54) is 10.9 Å². The minimum atomic E-state index is -3.27. The molecule has 0 saturated heterocycles. The van der Waals surface area contributed by atoms with Gasteiger partial charge in [0.05, 0.1) is 0 Å². The molecule has 1 rings (SSSR count). The Morgan fingerprint density at radius 1 is 1.62 bits per heavy atom. The van der Waals surface area contributed by atoms with Crippen LogP contribution in [0.1, 0.15) is 6.92 Å². The summed E-state index contributed by atoms with van der Waals surface area (Å²) in [4.78, 5) is 0. The zero-order chi connectivity index (χ0) is 9.90. The summed E-state index contributed by atoms with van der Waals surface area (Å²) in [6.07, 6.45) is 6.18. The molecular formula is C7H11N3O2S. The van der Waals surface area contributed by atoms with E-state index in [0.717, 1.165) is 6.26 Å². The van der Waals surface area contributed by atoms with Crippen LogP contribution in [0.15, 0.2) is 23.6 Å². The Morgan fingerprint density at radius 2 is 2.31 bits per heavy atom. The van der Waals surface area contributed by atoms with Gasteiger partial charge in [0.15, 0.2) is 0 Å². The van der Waals surface area contributed by atoms with E-state index in [9.17, 15) is 8.42 Å². The van der Waals surface area contributed by atoms with Crippen LogP contribution >= 0.6 is 0 Å². The van der Waals surface area contributed by atoms with E-state index in [1.54, 1.807) is 0 Å². The summed E-state index contributed by atoms with van der Waals surface area (Å²) < 4.78 is 23.7. The minimum absolute atomic E-state index is 0.00519. The van der Waals surface area contributed by atoms with E-state index in [-0.39, 0.29) is 5.16 Å². The highest BCUT2D eigenvalue weighted by molar-refractivity contribution is 7.90. The molecule has 0 atom stereocenters. The molecule has 0 bridgehead atoms. The Kier molecular flexibility index (Phi) is 2.82. The lowest BCUT2D eigenvalue weighted by molar-refractivity contribution is 0.579. The second-order valence-corrected chi connectivity index (χ2v) is 4.52. The minimum Gasteiger partial charge on any atom is -0.301 e. The topological polar surface area (TPSA) is 64.8 Å². The second kappa shape index (κ2) is 3.69. The fraction of sp³-hybridized carbons (Fsp3) is 0.429. The third kappa shape index (κ3) is 2.38. The summed E-state index contributed by atoms with van der Waals surface area (Å²) in [6.45, 7) is 2.34. The second-order valence-electron chi connectivity index (χ2n) is 2.61. The maximum absolute atomic E-state index is 11.1. The Balaban J connectivity index is 3.03. The fourth-order valence-corrected chi connectivity index (χ4v) is 1.62. The first-order valence-corrected chi connectivity index (χ1v) is 5.64. The van der Waals surface area contributed by atoms with Gasteiger partial charge in [0.1, 0.15) is 6.33 Å². The summed E-state index contributed by atoms with van der Waals surface area (Å²) in [7, 11) is -3.27. The molecule has 1 heterocycles. The maximum atomic E-state index is 11.1. The zero-order valence-corrected chi connectivity index (χ0v) is 8.32. The highest BCUT2D eigenvalue weighted by Crippen LogP contribution is 2.03. The van der Waals surface area contributed by atoms with Crippen molar-refractivity contribution in [3.63, 3.8) is 0 Å². The predicted octanol–water partition coefficient (Wildman–Crippen LogP) is 0.258. The highest BCUT2D eigenvalue weighted by atomic mass is 32.2. The van der Waals surface area contributed by atoms with Crippen molar-refractivity contribution in [2.75, 3.05) is 6.26 Å². The van der Waals surface area contributed by atoms with Crippen molar-refractivity contribution < 1.29 is 8.42 Å². The standard InChI is InChI=1S/C7H11N3O2S/c1-3-4-5-10-6-8-9-7(10)13(2,11)12/h3-4,6H,5H2,1-2H3/b4-3+. The lowest BCUT2D eigenvalue weighted by atomic mass is 10.5. The Bertz CT molecular complexity index is 405.